The normalized spacial score (nSPS) is 14.9. The predicted molar refractivity (Wildman–Crippen MR) is 126 cm³/mol. The number of benzene rings is 1. The van der Waals surface area contributed by atoms with Crippen molar-refractivity contribution in [3.63, 3.8) is 0 Å². The minimum Gasteiger partial charge on any atom is -0.353 e. The molecule has 0 spiro atoms. The van der Waals surface area contributed by atoms with Crippen LogP contribution in [0.5, 0.6) is 0 Å². The maximum atomic E-state index is 5.05. The van der Waals surface area contributed by atoms with Crippen molar-refractivity contribution in [2.45, 2.75) is 26.2 Å². The zero-order chi connectivity index (χ0) is 21.4. The standard InChI is InChI=1S/C25H28N6/c1-25(2,3)21-17-23(30-15-13-29(14-16-30)22-11-7-8-12-26-22)31-24(28-21)20(18-27-31)19-9-5-4-6-10-19/h4-12,17-18H,13-16H2,1-3H3. The van der Waals surface area contributed by atoms with E-state index in [1.54, 1.807) is 0 Å². The van der Waals surface area contributed by atoms with Crippen LogP contribution < -0.4 is 9.80 Å². The van der Waals surface area contributed by atoms with Crippen LogP contribution in [0.3, 0.4) is 0 Å². The van der Waals surface area contributed by atoms with E-state index >= 15 is 0 Å². The molecule has 1 saturated heterocycles. The zero-order valence-corrected chi connectivity index (χ0v) is 18.4. The molecule has 0 saturated carbocycles. The number of hydrogen-bond donors (Lipinski definition) is 0. The first kappa shape index (κ1) is 19.5. The molecule has 1 fully saturated rings. The van der Waals surface area contributed by atoms with Gasteiger partial charge in [0.05, 0.1) is 11.9 Å². The Morgan fingerprint density at radius 2 is 1.55 bits per heavy atom. The maximum Gasteiger partial charge on any atom is 0.165 e. The largest absolute Gasteiger partial charge is 0.353 e. The SMILES string of the molecule is CC(C)(C)c1cc(N2CCN(c3ccccn3)CC2)n2ncc(-c3ccccc3)c2n1. The Balaban J connectivity index is 1.53. The van der Waals surface area contributed by atoms with Gasteiger partial charge >= 0.3 is 0 Å². The van der Waals surface area contributed by atoms with Gasteiger partial charge in [-0.15, -0.1) is 0 Å². The van der Waals surface area contributed by atoms with Gasteiger partial charge in [0.2, 0.25) is 0 Å². The van der Waals surface area contributed by atoms with Gasteiger partial charge in [-0.2, -0.15) is 9.61 Å². The Bertz CT molecular complexity index is 1170. The van der Waals surface area contributed by atoms with Gasteiger partial charge in [0.15, 0.2) is 5.65 Å². The first-order valence-corrected chi connectivity index (χ1v) is 10.9. The van der Waals surface area contributed by atoms with Crippen molar-refractivity contribution in [1.82, 2.24) is 19.6 Å². The molecule has 5 rings (SSSR count). The molecule has 6 nitrogen and oxygen atoms in total. The van der Waals surface area contributed by atoms with Gasteiger partial charge in [-0.25, -0.2) is 9.97 Å². The molecular weight excluding hydrogens is 384 g/mol. The summed E-state index contributed by atoms with van der Waals surface area (Å²) in [6.07, 6.45) is 3.80. The molecule has 4 heterocycles. The summed E-state index contributed by atoms with van der Waals surface area (Å²) in [4.78, 5) is 14.3. The van der Waals surface area contributed by atoms with Gasteiger partial charge < -0.3 is 9.80 Å². The Morgan fingerprint density at radius 3 is 2.23 bits per heavy atom. The van der Waals surface area contributed by atoms with E-state index in [4.69, 9.17) is 10.1 Å². The number of aromatic nitrogens is 4. The zero-order valence-electron chi connectivity index (χ0n) is 18.4. The van der Waals surface area contributed by atoms with E-state index in [9.17, 15) is 0 Å². The molecule has 1 aromatic carbocycles. The lowest BCUT2D eigenvalue weighted by Gasteiger charge is -2.37. The number of anilines is 2. The fourth-order valence-corrected chi connectivity index (χ4v) is 4.08. The van der Waals surface area contributed by atoms with Crippen LogP contribution in [0.4, 0.5) is 11.6 Å². The third kappa shape index (κ3) is 3.74. The molecule has 0 unspecified atom stereocenters. The van der Waals surface area contributed by atoms with E-state index in [-0.39, 0.29) is 5.41 Å². The predicted octanol–water partition coefficient (Wildman–Crippen LogP) is 4.42. The van der Waals surface area contributed by atoms with E-state index in [2.05, 4.69) is 72.0 Å². The van der Waals surface area contributed by atoms with E-state index < -0.39 is 0 Å². The average molecular weight is 413 g/mol. The summed E-state index contributed by atoms with van der Waals surface area (Å²) in [5.41, 5.74) is 4.16. The van der Waals surface area contributed by atoms with Gasteiger partial charge in [0.25, 0.3) is 0 Å². The van der Waals surface area contributed by atoms with Crippen molar-refractivity contribution >= 4 is 17.3 Å². The summed E-state index contributed by atoms with van der Waals surface area (Å²) in [6, 6.07) is 18.7. The fourth-order valence-electron chi connectivity index (χ4n) is 4.08. The number of rotatable bonds is 3. The molecule has 0 atom stereocenters. The van der Waals surface area contributed by atoms with Crippen molar-refractivity contribution in [3.05, 3.63) is 72.7 Å². The molecule has 6 heteroatoms. The Hall–Kier alpha value is -3.41. The van der Waals surface area contributed by atoms with Crippen LogP contribution in [0, 0.1) is 0 Å². The first-order chi connectivity index (χ1) is 15.0. The second-order valence-corrected chi connectivity index (χ2v) is 9.07. The summed E-state index contributed by atoms with van der Waals surface area (Å²) >= 11 is 0. The third-order valence-corrected chi connectivity index (χ3v) is 5.88. The number of fused-ring (bicyclic) bond motifs is 1. The number of pyridine rings is 1. The molecule has 0 bridgehead atoms. The molecular formula is C25H28N6. The molecule has 0 aliphatic carbocycles. The van der Waals surface area contributed by atoms with Crippen molar-refractivity contribution in [2.75, 3.05) is 36.0 Å². The Kier molecular flexibility index (Phi) is 4.85. The van der Waals surface area contributed by atoms with Crippen LogP contribution in [0.1, 0.15) is 26.5 Å². The summed E-state index contributed by atoms with van der Waals surface area (Å²) in [6.45, 7) is 10.3. The Morgan fingerprint density at radius 1 is 0.839 bits per heavy atom. The molecule has 4 aromatic rings. The van der Waals surface area contributed by atoms with Crippen LogP contribution >= 0.6 is 0 Å². The van der Waals surface area contributed by atoms with Crippen molar-refractivity contribution < 1.29 is 0 Å². The number of nitrogens with zero attached hydrogens (tertiary/aromatic N) is 6. The van der Waals surface area contributed by atoms with E-state index in [0.717, 1.165) is 60.3 Å². The molecule has 31 heavy (non-hydrogen) atoms. The van der Waals surface area contributed by atoms with Gasteiger partial charge in [0.1, 0.15) is 11.6 Å². The van der Waals surface area contributed by atoms with Crippen molar-refractivity contribution in [1.29, 1.82) is 0 Å². The molecule has 158 valence electrons. The van der Waals surface area contributed by atoms with Crippen LogP contribution in [-0.2, 0) is 5.41 Å². The van der Waals surface area contributed by atoms with Gasteiger partial charge in [-0.05, 0) is 17.7 Å². The molecule has 0 radical (unpaired) electrons. The topological polar surface area (TPSA) is 49.6 Å². The molecule has 0 amide bonds. The minimum absolute atomic E-state index is 0.0511. The maximum absolute atomic E-state index is 5.05. The lowest BCUT2D eigenvalue weighted by Crippen LogP contribution is -2.47. The second kappa shape index (κ2) is 7.69. The lowest BCUT2D eigenvalue weighted by atomic mass is 9.91. The second-order valence-electron chi connectivity index (χ2n) is 9.07. The van der Waals surface area contributed by atoms with Gasteiger partial charge in [0, 0.05) is 49.4 Å². The highest BCUT2D eigenvalue weighted by Gasteiger charge is 2.25. The summed E-state index contributed by atoms with van der Waals surface area (Å²) in [7, 11) is 0. The Labute approximate surface area is 183 Å². The number of hydrogen-bond acceptors (Lipinski definition) is 5. The quantitative estimate of drug-likeness (QED) is 0.499. The summed E-state index contributed by atoms with van der Waals surface area (Å²) < 4.78 is 2.01. The van der Waals surface area contributed by atoms with Crippen molar-refractivity contribution in [3.8, 4) is 11.1 Å². The highest BCUT2D eigenvalue weighted by molar-refractivity contribution is 5.78. The third-order valence-electron chi connectivity index (χ3n) is 5.88. The molecule has 0 N–H and O–H groups in total. The first-order valence-electron chi connectivity index (χ1n) is 10.9. The van der Waals surface area contributed by atoms with E-state index in [1.165, 1.54) is 0 Å². The minimum atomic E-state index is -0.0511. The van der Waals surface area contributed by atoms with Crippen LogP contribution in [0.2, 0.25) is 0 Å². The average Bonchev–Trinajstić information content (AvgIpc) is 3.23. The fraction of sp³-hybridized carbons (Fsp3) is 0.320. The summed E-state index contributed by atoms with van der Waals surface area (Å²) in [5, 5.41) is 4.76. The van der Waals surface area contributed by atoms with E-state index in [1.807, 2.05) is 35.1 Å². The monoisotopic (exact) mass is 412 g/mol. The highest BCUT2D eigenvalue weighted by atomic mass is 15.4. The summed E-state index contributed by atoms with van der Waals surface area (Å²) in [5.74, 6) is 2.15. The van der Waals surface area contributed by atoms with Gasteiger partial charge in [-0.3, -0.25) is 0 Å². The molecule has 3 aromatic heterocycles. The van der Waals surface area contributed by atoms with E-state index in [0.29, 0.717) is 0 Å². The molecule has 1 aliphatic rings. The smallest absolute Gasteiger partial charge is 0.165 e. The van der Waals surface area contributed by atoms with Crippen LogP contribution in [0.15, 0.2) is 67.0 Å². The van der Waals surface area contributed by atoms with Crippen LogP contribution in [-0.4, -0.2) is 45.8 Å². The number of piperazine rings is 1. The van der Waals surface area contributed by atoms with Gasteiger partial charge in [-0.1, -0.05) is 57.2 Å². The molecule has 1 aliphatic heterocycles. The lowest BCUT2D eigenvalue weighted by molar-refractivity contribution is 0.565. The van der Waals surface area contributed by atoms with Crippen LogP contribution in [0.25, 0.3) is 16.8 Å². The highest BCUT2D eigenvalue weighted by Crippen LogP contribution is 2.31. The van der Waals surface area contributed by atoms with Crippen molar-refractivity contribution in [2.24, 2.45) is 0 Å².